The molecule has 1 aliphatic heterocycles. The molecule has 1 saturated heterocycles. The fourth-order valence-corrected chi connectivity index (χ4v) is 2.27. The number of nitrogens with one attached hydrogen (secondary N) is 1. The number of aliphatic hydroxyl groups excluding tert-OH is 1. The normalized spacial score (nSPS) is 19.7. The zero-order valence-corrected chi connectivity index (χ0v) is 11.3. The molecule has 0 spiro atoms. The Morgan fingerprint density at radius 2 is 2.33 bits per heavy atom. The Morgan fingerprint density at radius 3 is 3.06 bits per heavy atom. The third-order valence-corrected chi connectivity index (χ3v) is 3.55. The highest BCUT2D eigenvalue weighted by molar-refractivity contribution is 9.10. The first-order valence-corrected chi connectivity index (χ1v) is 6.54. The highest BCUT2D eigenvalue weighted by Gasteiger charge is 2.22. The number of anilines is 1. The molecule has 1 heterocycles. The summed E-state index contributed by atoms with van der Waals surface area (Å²) < 4.78 is 13.7. The van der Waals surface area contributed by atoms with Crippen LogP contribution in [0.15, 0.2) is 22.7 Å². The molecule has 1 atom stereocenters. The van der Waals surface area contributed by atoms with Gasteiger partial charge >= 0.3 is 6.03 Å². The Kier molecular flexibility index (Phi) is 4.19. The first-order valence-electron chi connectivity index (χ1n) is 5.75. The molecule has 1 aromatic rings. The number of halogens is 2. The molecule has 0 bridgehead atoms. The van der Waals surface area contributed by atoms with Crippen molar-refractivity contribution in [1.29, 1.82) is 0 Å². The Bertz CT molecular complexity index is 456. The summed E-state index contributed by atoms with van der Waals surface area (Å²) in [5, 5.41) is 12.1. The number of likely N-dealkylation sites (tertiary alicyclic amines) is 1. The summed E-state index contributed by atoms with van der Waals surface area (Å²) in [7, 11) is 0. The molecule has 98 valence electrons. The molecule has 18 heavy (non-hydrogen) atoms. The number of carbonyl (C=O) groups is 1. The SMILES string of the molecule is O=C(Nc1cc(F)ccc1Br)N1CCCC(O)C1. The predicted molar refractivity (Wildman–Crippen MR) is 69.9 cm³/mol. The summed E-state index contributed by atoms with van der Waals surface area (Å²) in [6.07, 6.45) is 1.02. The first kappa shape index (κ1) is 13.3. The third kappa shape index (κ3) is 3.20. The van der Waals surface area contributed by atoms with E-state index in [1.165, 1.54) is 23.1 Å². The van der Waals surface area contributed by atoms with Crippen LogP contribution in [0.2, 0.25) is 0 Å². The average molecular weight is 317 g/mol. The van der Waals surface area contributed by atoms with Crippen molar-refractivity contribution in [2.75, 3.05) is 18.4 Å². The van der Waals surface area contributed by atoms with Crippen LogP contribution in [0.4, 0.5) is 14.9 Å². The van der Waals surface area contributed by atoms with Gasteiger partial charge in [-0.25, -0.2) is 9.18 Å². The van der Waals surface area contributed by atoms with E-state index in [0.29, 0.717) is 29.7 Å². The molecule has 0 radical (unpaired) electrons. The summed E-state index contributed by atoms with van der Waals surface area (Å²) in [6, 6.07) is 3.78. The first-order chi connectivity index (χ1) is 8.56. The van der Waals surface area contributed by atoms with E-state index < -0.39 is 11.9 Å². The lowest BCUT2D eigenvalue weighted by molar-refractivity contribution is 0.0883. The molecule has 4 nitrogen and oxygen atoms in total. The topological polar surface area (TPSA) is 52.6 Å². The van der Waals surface area contributed by atoms with Crippen LogP contribution >= 0.6 is 15.9 Å². The van der Waals surface area contributed by atoms with Crippen LogP contribution in [-0.2, 0) is 0 Å². The van der Waals surface area contributed by atoms with Crippen molar-refractivity contribution in [3.63, 3.8) is 0 Å². The molecule has 2 rings (SSSR count). The maximum absolute atomic E-state index is 13.1. The quantitative estimate of drug-likeness (QED) is 0.836. The fourth-order valence-electron chi connectivity index (χ4n) is 1.93. The zero-order valence-electron chi connectivity index (χ0n) is 9.70. The number of amides is 2. The van der Waals surface area contributed by atoms with Crippen LogP contribution in [0.5, 0.6) is 0 Å². The number of hydrogen-bond donors (Lipinski definition) is 2. The molecule has 1 unspecified atom stereocenters. The second-order valence-corrected chi connectivity index (χ2v) is 5.15. The lowest BCUT2D eigenvalue weighted by atomic mass is 10.1. The zero-order chi connectivity index (χ0) is 13.1. The van der Waals surface area contributed by atoms with Gasteiger partial charge < -0.3 is 15.3 Å². The fraction of sp³-hybridized carbons (Fsp3) is 0.417. The van der Waals surface area contributed by atoms with Crippen molar-refractivity contribution >= 4 is 27.6 Å². The summed E-state index contributed by atoms with van der Waals surface area (Å²) in [6.45, 7) is 0.925. The van der Waals surface area contributed by atoms with E-state index in [1.54, 1.807) is 0 Å². The third-order valence-electron chi connectivity index (χ3n) is 2.85. The van der Waals surface area contributed by atoms with Gasteiger partial charge in [0.1, 0.15) is 5.82 Å². The standard InChI is InChI=1S/C12H14BrFN2O2/c13-10-4-3-8(14)6-11(10)15-12(18)16-5-1-2-9(17)7-16/h3-4,6,9,17H,1-2,5,7H2,(H,15,18). The number of urea groups is 1. The van der Waals surface area contributed by atoms with Gasteiger partial charge in [-0.1, -0.05) is 0 Å². The Labute approximate surface area is 113 Å². The molecule has 0 saturated carbocycles. The lowest BCUT2D eigenvalue weighted by Crippen LogP contribution is -2.44. The highest BCUT2D eigenvalue weighted by Crippen LogP contribution is 2.23. The Balaban J connectivity index is 2.04. The number of nitrogens with zero attached hydrogens (tertiary/aromatic N) is 1. The van der Waals surface area contributed by atoms with Gasteiger partial charge in [0.2, 0.25) is 0 Å². The van der Waals surface area contributed by atoms with Crippen molar-refractivity contribution in [3.05, 3.63) is 28.5 Å². The molecule has 2 N–H and O–H groups in total. The van der Waals surface area contributed by atoms with Crippen molar-refractivity contribution in [2.45, 2.75) is 18.9 Å². The van der Waals surface area contributed by atoms with Crippen LogP contribution in [0.1, 0.15) is 12.8 Å². The minimum absolute atomic E-state index is 0.318. The van der Waals surface area contributed by atoms with Crippen LogP contribution in [0, 0.1) is 5.82 Å². The second-order valence-electron chi connectivity index (χ2n) is 4.30. The summed E-state index contributed by atoms with van der Waals surface area (Å²) in [5.74, 6) is -0.410. The maximum Gasteiger partial charge on any atom is 0.321 e. The Hall–Kier alpha value is -1.14. The van der Waals surface area contributed by atoms with E-state index in [4.69, 9.17) is 0 Å². The van der Waals surface area contributed by atoms with Crippen molar-refractivity contribution < 1.29 is 14.3 Å². The number of β-amino-alcohol motifs (C(OH)–C–C–N with tert-alkyl or cyclic N) is 1. The molecule has 1 fully saturated rings. The van der Waals surface area contributed by atoms with Crippen LogP contribution < -0.4 is 5.32 Å². The minimum atomic E-state index is -0.472. The predicted octanol–water partition coefficient (Wildman–Crippen LogP) is 2.58. The van der Waals surface area contributed by atoms with Gasteiger partial charge in [0, 0.05) is 17.6 Å². The van der Waals surface area contributed by atoms with Crippen molar-refractivity contribution in [1.82, 2.24) is 4.90 Å². The van der Waals surface area contributed by atoms with E-state index in [2.05, 4.69) is 21.2 Å². The Morgan fingerprint density at radius 1 is 1.56 bits per heavy atom. The molecule has 1 aliphatic rings. The van der Waals surface area contributed by atoms with E-state index in [1.807, 2.05) is 0 Å². The highest BCUT2D eigenvalue weighted by atomic mass is 79.9. The number of rotatable bonds is 1. The summed E-state index contributed by atoms with van der Waals surface area (Å²) >= 11 is 3.25. The van der Waals surface area contributed by atoms with Gasteiger partial charge in [-0.05, 0) is 47.0 Å². The molecule has 1 aromatic carbocycles. The largest absolute Gasteiger partial charge is 0.391 e. The van der Waals surface area contributed by atoms with E-state index in [-0.39, 0.29) is 6.03 Å². The second kappa shape index (κ2) is 5.67. The van der Waals surface area contributed by atoms with Gasteiger partial charge in [0.15, 0.2) is 0 Å². The smallest absolute Gasteiger partial charge is 0.321 e. The number of aliphatic hydroxyl groups is 1. The molecular formula is C12H14BrFN2O2. The molecule has 2 amide bonds. The summed E-state index contributed by atoms with van der Waals surface area (Å²) in [5.41, 5.74) is 0.389. The van der Waals surface area contributed by atoms with E-state index in [0.717, 1.165) is 6.42 Å². The maximum atomic E-state index is 13.1. The van der Waals surface area contributed by atoms with Gasteiger partial charge in [0.05, 0.1) is 11.8 Å². The number of piperidine rings is 1. The average Bonchev–Trinajstić information content (AvgIpc) is 2.34. The monoisotopic (exact) mass is 316 g/mol. The molecule has 6 heteroatoms. The van der Waals surface area contributed by atoms with Crippen LogP contribution in [-0.4, -0.2) is 35.2 Å². The van der Waals surface area contributed by atoms with Gasteiger partial charge in [-0.15, -0.1) is 0 Å². The minimum Gasteiger partial charge on any atom is -0.391 e. The van der Waals surface area contributed by atoms with E-state index in [9.17, 15) is 14.3 Å². The summed E-state index contributed by atoms with van der Waals surface area (Å²) in [4.78, 5) is 13.5. The van der Waals surface area contributed by atoms with Crippen molar-refractivity contribution in [3.8, 4) is 0 Å². The molecule has 0 aliphatic carbocycles. The van der Waals surface area contributed by atoms with Crippen LogP contribution in [0.25, 0.3) is 0 Å². The van der Waals surface area contributed by atoms with E-state index >= 15 is 0 Å². The molecule has 0 aromatic heterocycles. The number of carbonyl (C=O) groups excluding carboxylic acids is 1. The lowest BCUT2D eigenvalue weighted by Gasteiger charge is -2.30. The number of benzene rings is 1. The van der Waals surface area contributed by atoms with Crippen molar-refractivity contribution in [2.24, 2.45) is 0 Å². The van der Waals surface area contributed by atoms with Gasteiger partial charge in [-0.2, -0.15) is 0 Å². The van der Waals surface area contributed by atoms with Crippen LogP contribution in [0.3, 0.4) is 0 Å². The molecular weight excluding hydrogens is 303 g/mol. The van der Waals surface area contributed by atoms with Gasteiger partial charge in [-0.3, -0.25) is 0 Å². The van der Waals surface area contributed by atoms with Gasteiger partial charge in [0.25, 0.3) is 0 Å². The number of hydrogen-bond acceptors (Lipinski definition) is 2.